The van der Waals surface area contributed by atoms with Crippen molar-refractivity contribution in [1.29, 1.82) is 5.26 Å². The van der Waals surface area contributed by atoms with Crippen molar-refractivity contribution in [2.45, 2.75) is 37.1 Å². The Morgan fingerprint density at radius 3 is 2.92 bits per heavy atom. The maximum absolute atomic E-state index is 11.4. The van der Waals surface area contributed by atoms with Crippen LogP contribution in [-0.2, 0) is 4.79 Å². The molecule has 0 aromatic heterocycles. The predicted molar refractivity (Wildman–Crippen MR) is 53.4 cm³/mol. The molecular weight excluding hydrogens is 232 g/mol. The molecule has 1 heterocycles. The van der Waals surface area contributed by atoms with Gasteiger partial charge in [0.2, 0.25) is 5.91 Å². The molecule has 1 saturated heterocycles. The highest BCUT2D eigenvalue weighted by Gasteiger charge is 2.31. The number of likely N-dealkylation sites (tertiary alicyclic amines) is 1. The van der Waals surface area contributed by atoms with Crippen molar-refractivity contribution < 1.29 is 4.79 Å². The van der Waals surface area contributed by atoms with E-state index in [-0.39, 0.29) is 16.8 Å². The second-order valence-electron chi connectivity index (χ2n) is 3.27. The van der Waals surface area contributed by atoms with Gasteiger partial charge in [0.25, 0.3) is 0 Å². The van der Waals surface area contributed by atoms with Gasteiger partial charge in [-0.15, -0.1) is 0 Å². The first-order valence-corrected chi connectivity index (χ1v) is 5.41. The van der Waals surface area contributed by atoms with E-state index in [0.717, 1.165) is 13.0 Å². The van der Waals surface area contributed by atoms with Crippen LogP contribution in [0.15, 0.2) is 0 Å². The average molecular weight is 245 g/mol. The number of halogens is 1. The Morgan fingerprint density at radius 2 is 2.54 bits per heavy atom. The Bertz CT molecular complexity index is 236. The number of rotatable bonds is 3. The molecule has 1 amide bonds. The lowest BCUT2D eigenvalue weighted by molar-refractivity contribution is -0.129. The first-order chi connectivity index (χ1) is 6.19. The van der Waals surface area contributed by atoms with Crippen LogP contribution in [0.2, 0.25) is 0 Å². The Labute approximate surface area is 86.8 Å². The normalized spacial score (nSPS) is 24.5. The van der Waals surface area contributed by atoms with E-state index < -0.39 is 0 Å². The average Bonchev–Trinajstić information content (AvgIpc) is 2.41. The third-order valence-corrected chi connectivity index (χ3v) is 2.96. The van der Waals surface area contributed by atoms with Crippen molar-refractivity contribution in [3.63, 3.8) is 0 Å². The summed E-state index contributed by atoms with van der Waals surface area (Å²) in [6.07, 6.45) is 1.88. The van der Waals surface area contributed by atoms with Crippen molar-refractivity contribution in [3.8, 4) is 6.07 Å². The predicted octanol–water partition coefficient (Wildman–Crippen LogP) is 1.67. The summed E-state index contributed by atoms with van der Waals surface area (Å²) in [6, 6.07) is 2.23. The zero-order valence-electron chi connectivity index (χ0n) is 7.66. The lowest BCUT2D eigenvalue weighted by atomic mass is 10.1. The number of hydrogen-bond acceptors (Lipinski definition) is 2. The molecule has 72 valence electrons. The van der Waals surface area contributed by atoms with Gasteiger partial charge < -0.3 is 4.90 Å². The fourth-order valence-corrected chi connectivity index (χ4v) is 2.21. The molecule has 0 aliphatic carbocycles. The summed E-state index contributed by atoms with van der Waals surface area (Å²) in [5, 5.41) is 8.58. The van der Waals surface area contributed by atoms with Crippen molar-refractivity contribution >= 4 is 21.8 Å². The van der Waals surface area contributed by atoms with Gasteiger partial charge in [-0.25, -0.2) is 0 Å². The molecule has 0 aromatic rings. The van der Waals surface area contributed by atoms with Crippen LogP contribution < -0.4 is 0 Å². The third kappa shape index (κ3) is 2.44. The molecule has 0 aromatic carbocycles. The summed E-state index contributed by atoms with van der Waals surface area (Å²) in [5.74, 6) is 0.170. The van der Waals surface area contributed by atoms with E-state index in [1.807, 2.05) is 11.8 Å². The lowest BCUT2D eigenvalue weighted by Gasteiger charge is -2.24. The Morgan fingerprint density at radius 1 is 1.85 bits per heavy atom. The molecule has 1 fully saturated rings. The van der Waals surface area contributed by atoms with Gasteiger partial charge in [0.15, 0.2) is 0 Å². The minimum absolute atomic E-state index is 0.111. The fraction of sp³-hybridized carbons (Fsp3) is 0.778. The van der Waals surface area contributed by atoms with E-state index in [1.54, 1.807) is 0 Å². The maximum Gasteiger partial charge on any atom is 0.224 e. The first kappa shape index (κ1) is 10.5. The van der Waals surface area contributed by atoms with E-state index in [2.05, 4.69) is 22.0 Å². The number of alkyl halides is 1. The molecule has 13 heavy (non-hydrogen) atoms. The molecule has 1 aliphatic rings. The van der Waals surface area contributed by atoms with E-state index in [0.29, 0.717) is 12.8 Å². The van der Waals surface area contributed by atoms with Crippen LogP contribution in [0, 0.1) is 11.3 Å². The summed E-state index contributed by atoms with van der Waals surface area (Å²) < 4.78 is 0. The molecule has 0 spiro atoms. The van der Waals surface area contributed by atoms with E-state index >= 15 is 0 Å². The van der Waals surface area contributed by atoms with Crippen LogP contribution in [0.3, 0.4) is 0 Å². The van der Waals surface area contributed by atoms with E-state index in [9.17, 15) is 4.79 Å². The number of carbonyl (C=O) groups excluding carboxylic acids is 1. The fourth-order valence-electron chi connectivity index (χ4n) is 1.62. The van der Waals surface area contributed by atoms with Gasteiger partial charge in [0, 0.05) is 23.8 Å². The highest BCUT2D eigenvalue weighted by Crippen LogP contribution is 2.22. The summed E-state index contributed by atoms with van der Waals surface area (Å²) >= 11 is 3.42. The zero-order valence-corrected chi connectivity index (χ0v) is 9.25. The van der Waals surface area contributed by atoms with Crippen LogP contribution >= 0.6 is 15.9 Å². The zero-order chi connectivity index (χ0) is 9.84. The Kier molecular flexibility index (Phi) is 3.73. The van der Waals surface area contributed by atoms with Crippen molar-refractivity contribution in [2.24, 2.45) is 0 Å². The second-order valence-corrected chi connectivity index (χ2v) is 4.57. The van der Waals surface area contributed by atoms with Gasteiger partial charge in [-0.05, 0) is 6.42 Å². The van der Waals surface area contributed by atoms with Gasteiger partial charge in [-0.2, -0.15) is 5.26 Å². The second kappa shape index (κ2) is 4.61. The molecule has 2 atom stereocenters. The van der Waals surface area contributed by atoms with Crippen LogP contribution in [0.4, 0.5) is 0 Å². The lowest BCUT2D eigenvalue weighted by Crippen LogP contribution is -2.35. The monoisotopic (exact) mass is 244 g/mol. The smallest absolute Gasteiger partial charge is 0.224 e. The molecule has 3 nitrogen and oxygen atoms in total. The quantitative estimate of drug-likeness (QED) is 0.710. The minimum Gasteiger partial charge on any atom is -0.338 e. The van der Waals surface area contributed by atoms with Crippen LogP contribution in [0.5, 0.6) is 0 Å². The molecule has 1 aliphatic heterocycles. The molecule has 2 unspecified atom stereocenters. The molecular formula is C9H13BrN2O. The van der Waals surface area contributed by atoms with Crippen LogP contribution in [-0.4, -0.2) is 28.2 Å². The summed E-state index contributed by atoms with van der Waals surface area (Å²) in [4.78, 5) is 13.5. The number of nitriles is 1. The van der Waals surface area contributed by atoms with Gasteiger partial charge in [0.05, 0.1) is 12.5 Å². The van der Waals surface area contributed by atoms with Crippen molar-refractivity contribution in [2.75, 3.05) is 6.54 Å². The molecule has 0 bridgehead atoms. The molecule has 0 saturated carbocycles. The largest absolute Gasteiger partial charge is 0.338 e. The standard InChI is InChI=1S/C9H13BrN2O/c1-2-8(3-4-11)12-6-7(10)5-9(12)13/h7-8H,2-3,5-6H2,1H3. The first-order valence-electron chi connectivity index (χ1n) is 4.49. The Hall–Kier alpha value is -0.560. The Balaban J connectivity index is 2.59. The minimum atomic E-state index is 0.111. The third-order valence-electron chi connectivity index (χ3n) is 2.35. The molecule has 4 heteroatoms. The van der Waals surface area contributed by atoms with Crippen molar-refractivity contribution in [3.05, 3.63) is 0 Å². The SMILES string of the molecule is CCC(CC#N)N1CC(Br)CC1=O. The molecule has 1 rings (SSSR count). The van der Waals surface area contributed by atoms with Crippen LogP contribution in [0.1, 0.15) is 26.2 Å². The van der Waals surface area contributed by atoms with Crippen LogP contribution in [0.25, 0.3) is 0 Å². The topological polar surface area (TPSA) is 44.1 Å². The van der Waals surface area contributed by atoms with Gasteiger partial charge >= 0.3 is 0 Å². The van der Waals surface area contributed by atoms with Gasteiger partial charge in [-0.3, -0.25) is 4.79 Å². The highest BCUT2D eigenvalue weighted by molar-refractivity contribution is 9.09. The van der Waals surface area contributed by atoms with Gasteiger partial charge in [-0.1, -0.05) is 22.9 Å². The summed E-state index contributed by atoms with van der Waals surface area (Å²) in [7, 11) is 0. The summed E-state index contributed by atoms with van der Waals surface area (Å²) in [5.41, 5.74) is 0. The number of hydrogen-bond donors (Lipinski definition) is 0. The maximum atomic E-state index is 11.4. The number of nitrogens with zero attached hydrogens (tertiary/aromatic N) is 2. The number of amides is 1. The molecule has 0 N–H and O–H groups in total. The van der Waals surface area contributed by atoms with Gasteiger partial charge in [0.1, 0.15) is 0 Å². The van der Waals surface area contributed by atoms with E-state index in [1.165, 1.54) is 0 Å². The van der Waals surface area contributed by atoms with Crippen molar-refractivity contribution in [1.82, 2.24) is 4.90 Å². The summed E-state index contributed by atoms with van der Waals surface area (Å²) in [6.45, 7) is 2.76. The highest BCUT2D eigenvalue weighted by atomic mass is 79.9. The molecule has 0 radical (unpaired) electrons. The number of carbonyl (C=O) groups is 1. The van der Waals surface area contributed by atoms with E-state index in [4.69, 9.17) is 5.26 Å².